The highest BCUT2D eigenvalue weighted by atomic mass is 16.1. The minimum Gasteiger partial charge on any atom is -0.372 e. The van der Waals surface area contributed by atoms with E-state index < -0.39 is 0 Å². The predicted octanol–water partition coefficient (Wildman–Crippen LogP) is 0.989. The zero-order valence-corrected chi connectivity index (χ0v) is 10.6. The lowest BCUT2D eigenvalue weighted by Gasteiger charge is -2.06. The number of carbonyl (C=O) groups is 1. The normalized spacial score (nSPS) is 14.1. The molecule has 98 valence electrons. The molecule has 1 aromatic heterocycles. The quantitative estimate of drug-likeness (QED) is 0.628. The Kier molecular flexibility index (Phi) is 4.33. The Morgan fingerprint density at radius 1 is 1.39 bits per heavy atom. The maximum atomic E-state index is 11.4. The summed E-state index contributed by atoms with van der Waals surface area (Å²) < 4.78 is 0. The van der Waals surface area contributed by atoms with Crippen LogP contribution in [0.25, 0.3) is 0 Å². The summed E-state index contributed by atoms with van der Waals surface area (Å²) in [6, 6.07) is 0.448. The summed E-state index contributed by atoms with van der Waals surface area (Å²) in [5.74, 6) is 1.60. The van der Waals surface area contributed by atoms with Crippen molar-refractivity contribution in [2.24, 2.45) is 0 Å². The van der Waals surface area contributed by atoms with Gasteiger partial charge in [-0.2, -0.15) is 0 Å². The van der Waals surface area contributed by atoms with Crippen LogP contribution in [0, 0.1) is 0 Å². The average molecular weight is 249 g/mol. The topological polar surface area (TPSA) is 78.9 Å². The molecule has 0 saturated heterocycles. The molecule has 1 saturated carbocycles. The highest BCUT2D eigenvalue weighted by Gasteiger charge is 2.22. The van der Waals surface area contributed by atoms with Gasteiger partial charge in [-0.3, -0.25) is 9.78 Å². The van der Waals surface area contributed by atoms with Crippen molar-refractivity contribution < 1.29 is 4.79 Å². The summed E-state index contributed by atoms with van der Waals surface area (Å²) in [6.45, 7) is 0.722. The van der Waals surface area contributed by atoms with Crippen LogP contribution in [-0.4, -0.2) is 35.5 Å². The Morgan fingerprint density at radius 3 is 2.89 bits per heavy atom. The highest BCUT2D eigenvalue weighted by molar-refractivity contribution is 5.76. The molecule has 18 heavy (non-hydrogen) atoms. The number of amides is 1. The molecule has 1 heterocycles. The van der Waals surface area contributed by atoms with Crippen molar-refractivity contribution in [1.29, 1.82) is 0 Å². The minimum absolute atomic E-state index is 0.148. The second kappa shape index (κ2) is 6.18. The van der Waals surface area contributed by atoms with Gasteiger partial charge in [0.05, 0.1) is 12.4 Å². The van der Waals surface area contributed by atoms with Crippen LogP contribution in [0.4, 0.5) is 11.6 Å². The van der Waals surface area contributed by atoms with Gasteiger partial charge in [-0.05, 0) is 19.3 Å². The van der Waals surface area contributed by atoms with Crippen LogP contribution in [0.5, 0.6) is 0 Å². The van der Waals surface area contributed by atoms with Gasteiger partial charge < -0.3 is 16.0 Å². The van der Waals surface area contributed by atoms with E-state index in [9.17, 15) is 4.79 Å². The van der Waals surface area contributed by atoms with Crippen molar-refractivity contribution in [3.63, 3.8) is 0 Å². The number of nitrogens with zero attached hydrogens (tertiary/aromatic N) is 2. The van der Waals surface area contributed by atoms with Crippen LogP contribution in [0.15, 0.2) is 12.4 Å². The summed E-state index contributed by atoms with van der Waals surface area (Å²) >= 11 is 0. The molecule has 1 aliphatic carbocycles. The van der Waals surface area contributed by atoms with Crippen LogP contribution in [0.3, 0.4) is 0 Å². The average Bonchev–Trinajstić information content (AvgIpc) is 3.19. The van der Waals surface area contributed by atoms with Crippen LogP contribution in [-0.2, 0) is 4.79 Å². The predicted molar refractivity (Wildman–Crippen MR) is 70.5 cm³/mol. The summed E-state index contributed by atoms with van der Waals surface area (Å²) in [6.07, 6.45) is 6.96. The summed E-state index contributed by atoms with van der Waals surface area (Å²) in [5.41, 5.74) is 0. The zero-order valence-electron chi connectivity index (χ0n) is 10.6. The van der Waals surface area contributed by atoms with Crippen LogP contribution in [0.1, 0.15) is 25.7 Å². The lowest BCUT2D eigenvalue weighted by Crippen LogP contribution is -2.25. The van der Waals surface area contributed by atoms with E-state index in [1.807, 2.05) is 0 Å². The number of rotatable bonds is 7. The molecule has 0 radical (unpaired) electrons. The Bertz CT molecular complexity index is 405. The number of hydrogen-bond acceptors (Lipinski definition) is 5. The highest BCUT2D eigenvalue weighted by Crippen LogP contribution is 2.18. The Balaban J connectivity index is 1.63. The Hall–Kier alpha value is -1.85. The van der Waals surface area contributed by atoms with Crippen molar-refractivity contribution in [2.45, 2.75) is 31.7 Å². The first-order valence-electron chi connectivity index (χ1n) is 6.31. The fraction of sp³-hybridized carbons (Fsp3) is 0.583. The van der Waals surface area contributed by atoms with Gasteiger partial charge in [0.2, 0.25) is 5.91 Å². The maximum absolute atomic E-state index is 11.4. The third-order valence-corrected chi connectivity index (χ3v) is 2.72. The van der Waals surface area contributed by atoms with E-state index in [4.69, 9.17) is 0 Å². The molecule has 1 fully saturated rings. The van der Waals surface area contributed by atoms with Gasteiger partial charge in [0.25, 0.3) is 0 Å². The van der Waals surface area contributed by atoms with Crippen molar-refractivity contribution in [2.75, 3.05) is 24.2 Å². The third kappa shape index (κ3) is 4.20. The standard InChI is InChI=1S/C12H19N5O/c1-13-10-7-14-8-11(17-10)15-6-2-3-12(18)16-9-4-5-9/h7-9H,2-6H2,1H3,(H,16,18)(H2,13,15,17). The first-order chi connectivity index (χ1) is 8.78. The fourth-order valence-corrected chi connectivity index (χ4v) is 1.56. The van der Waals surface area contributed by atoms with E-state index in [-0.39, 0.29) is 5.91 Å². The molecule has 6 nitrogen and oxygen atoms in total. The van der Waals surface area contributed by atoms with Gasteiger partial charge in [-0.25, -0.2) is 4.98 Å². The number of carbonyl (C=O) groups excluding carboxylic acids is 1. The zero-order chi connectivity index (χ0) is 12.8. The molecule has 6 heteroatoms. The molecule has 0 aromatic carbocycles. The maximum Gasteiger partial charge on any atom is 0.220 e. The molecule has 3 N–H and O–H groups in total. The van der Waals surface area contributed by atoms with Gasteiger partial charge in [-0.15, -0.1) is 0 Å². The SMILES string of the molecule is CNc1cncc(NCCCC(=O)NC2CC2)n1. The second-order valence-electron chi connectivity index (χ2n) is 4.41. The van der Waals surface area contributed by atoms with Gasteiger partial charge >= 0.3 is 0 Å². The molecule has 1 aromatic rings. The van der Waals surface area contributed by atoms with Crippen molar-refractivity contribution in [3.05, 3.63) is 12.4 Å². The molecule has 0 aliphatic heterocycles. The number of nitrogens with one attached hydrogen (secondary N) is 3. The van der Waals surface area contributed by atoms with Crippen molar-refractivity contribution >= 4 is 17.5 Å². The third-order valence-electron chi connectivity index (χ3n) is 2.72. The van der Waals surface area contributed by atoms with E-state index in [1.165, 1.54) is 0 Å². The molecular formula is C12H19N5O. The number of anilines is 2. The molecule has 0 atom stereocenters. The minimum atomic E-state index is 0.148. The Morgan fingerprint density at radius 2 is 2.17 bits per heavy atom. The summed E-state index contributed by atoms with van der Waals surface area (Å²) in [5, 5.41) is 9.04. The number of hydrogen-bond donors (Lipinski definition) is 3. The fourth-order valence-electron chi connectivity index (χ4n) is 1.56. The molecule has 0 bridgehead atoms. The molecular weight excluding hydrogens is 230 g/mol. The smallest absolute Gasteiger partial charge is 0.220 e. The van der Waals surface area contributed by atoms with E-state index in [1.54, 1.807) is 19.4 Å². The molecule has 1 amide bonds. The van der Waals surface area contributed by atoms with Crippen LogP contribution >= 0.6 is 0 Å². The first kappa shape index (κ1) is 12.6. The lowest BCUT2D eigenvalue weighted by atomic mass is 10.3. The number of aromatic nitrogens is 2. The van der Waals surface area contributed by atoms with E-state index in [0.29, 0.717) is 12.5 Å². The van der Waals surface area contributed by atoms with Crippen molar-refractivity contribution in [1.82, 2.24) is 15.3 Å². The Labute approximate surface area is 107 Å². The van der Waals surface area contributed by atoms with Gasteiger partial charge in [0.15, 0.2) is 0 Å². The molecule has 0 unspecified atom stereocenters. The van der Waals surface area contributed by atoms with Gasteiger partial charge in [0, 0.05) is 26.1 Å². The second-order valence-corrected chi connectivity index (χ2v) is 4.41. The van der Waals surface area contributed by atoms with E-state index in [0.717, 1.165) is 37.4 Å². The first-order valence-corrected chi connectivity index (χ1v) is 6.31. The summed E-state index contributed by atoms with van der Waals surface area (Å²) in [7, 11) is 1.80. The monoisotopic (exact) mass is 249 g/mol. The van der Waals surface area contributed by atoms with Gasteiger partial charge in [0.1, 0.15) is 11.6 Å². The van der Waals surface area contributed by atoms with Crippen molar-refractivity contribution in [3.8, 4) is 0 Å². The lowest BCUT2D eigenvalue weighted by molar-refractivity contribution is -0.121. The van der Waals surface area contributed by atoms with E-state index in [2.05, 4.69) is 25.9 Å². The van der Waals surface area contributed by atoms with Crippen LogP contribution in [0.2, 0.25) is 0 Å². The van der Waals surface area contributed by atoms with Gasteiger partial charge in [-0.1, -0.05) is 0 Å². The molecule has 1 aliphatic rings. The largest absolute Gasteiger partial charge is 0.372 e. The summed E-state index contributed by atoms with van der Waals surface area (Å²) in [4.78, 5) is 19.8. The van der Waals surface area contributed by atoms with Crippen LogP contribution < -0.4 is 16.0 Å². The molecule has 2 rings (SSSR count). The van der Waals surface area contributed by atoms with E-state index >= 15 is 0 Å². The molecule has 0 spiro atoms.